The summed E-state index contributed by atoms with van der Waals surface area (Å²) in [5.41, 5.74) is 1.22. The van der Waals surface area contributed by atoms with Gasteiger partial charge in [0.2, 0.25) is 0 Å². The molecule has 0 aliphatic carbocycles. The predicted octanol–water partition coefficient (Wildman–Crippen LogP) is -3.54. The maximum Gasteiger partial charge on any atom is 0.199 e. The van der Waals surface area contributed by atoms with Crippen LogP contribution in [-0.4, -0.2) is 15.9 Å². The second-order valence-electron chi connectivity index (χ2n) is 2.82. The monoisotopic (exact) mass is 174 g/mol. The van der Waals surface area contributed by atoms with Crippen molar-refractivity contribution in [3.8, 4) is 0 Å². The molecule has 2 heterocycles. The number of aromatic nitrogens is 2. The molecule has 0 radical (unpaired) electrons. The second-order valence-corrected chi connectivity index (χ2v) is 2.82. The van der Waals surface area contributed by atoms with E-state index in [9.17, 15) is 5.11 Å². The van der Waals surface area contributed by atoms with Gasteiger partial charge in [0.15, 0.2) is 12.7 Å². The largest absolute Gasteiger partial charge is 1.00 e. The standard InChI is InChI=1S/C7H11N2O.ClH/c1-6-2-3-8-4-7(10)5-9(6)8;/h2-3,7,10H,4-5H2,1H3;1H/q+1;/p-1. The lowest BCUT2D eigenvalue weighted by atomic mass is 10.3. The van der Waals surface area contributed by atoms with Crippen LogP contribution in [0.2, 0.25) is 0 Å². The lowest BCUT2D eigenvalue weighted by Gasteiger charge is -1.91. The molecule has 1 atom stereocenters. The number of halogens is 1. The third kappa shape index (κ3) is 1.26. The zero-order chi connectivity index (χ0) is 7.14. The number of aliphatic hydroxyl groups is 1. The van der Waals surface area contributed by atoms with Crippen molar-refractivity contribution in [2.75, 3.05) is 0 Å². The van der Waals surface area contributed by atoms with E-state index in [2.05, 4.69) is 17.7 Å². The molecule has 0 amide bonds. The van der Waals surface area contributed by atoms with Crippen molar-refractivity contribution in [3.63, 3.8) is 0 Å². The van der Waals surface area contributed by atoms with Crippen LogP contribution < -0.4 is 17.1 Å². The van der Waals surface area contributed by atoms with Crippen molar-refractivity contribution in [1.82, 2.24) is 4.68 Å². The van der Waals surface area contributed by atoms with E-state index in [1.807, 2.05) is 10.9 Å². The summed E-state index contributed by atoms with van der Waals surface area (Å²) < 4.78 is 4.13. The maximum absolute atomic E-state index is 9.22. The summed E-state index contributed by atoms with van der Waals surface area (Å²) in [7, 11) is 0. The van der Waals surface area contributed by atoms with Crippen molar-refractivity contribution in [2.24, 2.45) is 0 Å². The minimum atomic E-state index is -0.181. The third-order valence-electron chi connectivity index (χ3n) is 1.99. The fourth-order valence-electron chi connectivity index (χ4n) is 1.44. The average Bonchev–Trinajstić information content (AvgIpc) is 2.35. The van der Waals surface area contributed by atoms with Crippen LogP contribution in [0.3, 0.4) is 0 Å². The third-order valence-corrected chi connectivity index (χ3v) is 1.99. The molecule has 1 aliphatic rings. The Labute approximate surface area is 71.6 Å². The Morgan fingerprint density at radius 3 is 3.09 bits per heavy atom. The molecule has 0 bridgehead atoms. The van der Waals surface area contributed by atoms with Gasteiger partial charge in [-0.25, -0.2) is 0 Å². The highest BCUT2D eigenvalue weighted by atomic mass is 35.5. The number of hydrogen-bond donors (Lipinski definition) is 1. The number of aryl methyl sites for hydroxylation is 1. The van der Waals surface area contributed by atoms with E-state index in [0.29, 0.717) is 0 Å². The lowest BCUT2D eigenvalue weighted by molar-refractivity contribution is -0.760. The van der Waals surface area contributed by atoms with Gasteiger partial charge in [-0.1, -0.05) is 0 Å². The average molecular weight is 175 g/mol. The van der Waals surface area contributed by atoms with Crippen LogP contribution in [-0.2, 0) is 13.1 Å². The van der Waals surface area contributed by atoms with Gasteiger partial charge in [0.05, 0.1) is 5.69 Å². The van der Waals surface area contributed by atoms with E-state index in [-0.39, 0.29) is 18.5 Å². The quantitative estimate of drug-likeness (QED) is 0.406. The molecule has 1 unspecified atom stereocenters. The molecule has 3 nitrogen and oxygen atoms in total. The first-order valence-corrected chi connectivity index (χ1v) is 3.51. The molecule has 1 N–H and O–H groups in total. The van der Waals surface area contributed by atoms with Crippen LogP contribution in [0, 0.1) is 6.92 Å². The summed E-state index contributed by atoms with van der Waals surface area (Å²) in [5, 5.41) is 9.22. The summed E-state index contributed by atoms with van der Waals surface area (Å²) in [4.78, 5) is 0. The van der Waals surface area contributed by atoms with Crippen molar-refractivity contribution in [2.45, 2.75) is 26.1 Å². The van der Waals surface area contributed by atoms with E-state index in [1.54, 1.807) is 0 Å². The number of aliphatic hydroxyl groups excluding tert-OH is 1. The number of rotatable bonds is 0. The van der Waals surface area contributed by atoms with Crippen LogP contribution in [0.25, 0.3) is 0 Å². The Hall–Kier alpha value is -0.540. The lowest BCUT2D eigenvalue weighted by Crippen LogP contribution is -3.00. The predicted molar refractivity (Wildman–Crippen MR) is 35.4 cm³/mol. The summed E-state index contributed by atoms with van der Waals surface area (Å²) in [6, 6.07) is 2.06. The Balaban J connectivity index is 0.000000605. The highest BCUT2D eigenvalue weighted by Gasteiger charge is 2.26. The zero-order valence-electron chi connectivity index (χ0n) is 6.37. The summed E-state index contributed by atoms with van der Waals surface area (Å²) in [6.07, 6.45) is 1.82. The fourth-order valence-corrected chi connectivity index (χ4v) is 1.44. The van der Waals surface area contributed by atoms with E-state index < -0.39 is 0 Å². The molecule has 1 aromatic heterocycles. The Kier molecular flexibility index (Phi) is 2.20. The zero-order valence-corrected chi connectivity index (χ0v) is 7.12. The van der Waals surface area contributed by atoms with Crippen LogP contribution in [0.15, 0.2) is 12.3 Å². The molecule has 1 aromatic rings. The highest BCUT2D eigenvalue weighted by molar-refractivity contribution is 4.93. The molecule has 1 aliphatic heterocycles. The van der Waals surface area contributed by atoms with E-state index in [1.165, 1.54) is 5.69 Å². The maximum atomic E-state index is 9.22. The summed E-state index contributed by atoms with van der Waals surface area (Å²) in [6.45, 7) is 3.54. The van der Waals surface area contributed by atoms with Crippen LogP contribution in [0.1, 0.15) is 5.69 Å². The molecule has 0 aromatic carbocycles. The van der Waals surface area contributed by atoms with Crippen molar-refractivity contribution in [3.05, 3.63) is 18.0 Å². The minimum absolute atomic E-state index is 0. The topological polar surface area (TPSA) is 29.0 Å². The van der Waals surface area contributed by atoms with Gasteiger partial charge in [-0.3, -0.25) is 0 Å². The minimum Gasteiger partial charge on any atom is -1.00 e. The summed E-state index contributed by atoms with van der Waals surface area (Å²) in [5.74, 6) is 0. The Morgan fingerprint density at radius 1 is 1.73 bits per heavy atom. The molecule has 0 saturated heterocycles. The van der Waals surface area contributed by atoms with Crippen LogP contribution >= 0.6 is 0 Å². The van der Waals surface area contributed by atoms with Crippen LogP contribution in [0.4, 0.5) is 0 Å². The molecule has 0 fully saturated rings. The smallest absolute Gasteiger partial charge is 0.199 e. The van der Waals surface area contributed by atoms with Crippen molar-refractivity contribution < 1.29 is 22.2 Å². The van der Waals surface area contributed by atoms with Crippen molar-refractivity contribution >= 4 is 0 Å². The highest BCUT2D eigenvalue weighted by Crippen LogP contribution is 2.03. The number of fused-ring (bicyclic) bond motifs is 1. The van der Waals surface area contributed by atoms with E-state index in [4.69, 9.17) is 0 Å². The Bertz CT molecular complexity index is 259. The summed E-state index contributed by atoms with van der Waals surface area (Å²) >= 11 is 0. The molecule has 0 spiro atoms. The van der Waals surface area contributed by atoms with E-state index >= 15 is 0 Å². The molecular weight excluding hydrogens is 164 g/mol. The van der Waals surface area contributed by atoms with Gasteiger partial charge >= 0.3 is 0 Å². The van der Waals surface area contributed by atoms with Gasteiger partial charge in [0.1, 0.15) is 12.6 Å². The van der Waals surface area contributed by atoms with Gasteiger partial charge in [0, 0.05) is 6.07 Å². The molecular formula is C7H11ClN2O. The first kappa shape index (κ1) is 8.56. The van der Waals surface area contributed by atoms with Crippen molar-refractivity contribution in [1.29, 1.82) is 0 Å². The van der Waals surface area contributed by atoms with Crippen LogP contribution in [0.5, 0.6) is 0 Å². The molecule has 11 heavy (non-hydrogen) atoms. The van der Waals surface area contributed by atoms with Gasteiger partial charge in [-0.15, -0.1) is 4.68 Å². The second kappa shape index (κ2) is 2.83. The van der Waals surface area contributed by atoms with Gasteiger partial charge in [-0.2, -0.15) is 4.68 Å². The van der Waals surface area contributed by atoms with Gasteiger partial charge < -0.3 is 17.5 Å². The van der Waals surface area contributed by atoms with E-state index in [0.717, 1.165) is 13.1 Å². The first-order chi connectivity index (χ1) is 4.77. The fraction of sp³-hybridized carbons (Fsp3) is 0.571. The van der Waals surface area contributed by atoms with Gasteiger partial charge in [-0.05, 0) is 6.92 Å². The molecule has 62 valence electrons. The van der Waals surface area contributed by atoms with Gasteiger partial charge in [0.25, 0.3) is 0 Å². The normalized spacial score (nSPS) is 21.1. The number of nitrogens with zero attached hydrogens (tertiary/aromatic N) is 2. The SMILES string of the molecule is Cc1cc[n+]2n1CC(O)C2.[Cl-]. The number of hydrogen-bond acceptors (Lipinski definition) is 1. The first-order valence-electron chi connectivity index (χ1n) is 3.51. The molecule has 0 saturated carbocycles. The Morgan fingerprint density at radius 2 is 2.45 bits per heavy atom. The molecule has 2 rings (SSSR count). The molecule has 4 heteroatoms.